The zero-order valence-electron chi connectivity index (χ0n) is 21.6. The molecule has 1 saturated heterocycles. The van der Waals surface area contributed by atoms with Crippen LogP contribution in [0.4, 0.5) is 0 Å². The zero-order valence-corrected chi connectivity index (χ0v) is 24.8. The van der Waals surface area contributed by atoms with E-state index in [0.717, 1.165) is 15.9 Å². The van der Waals surface area contributed by atoms with Gasteiger partial charge in [-0.2, -0.15) is 0 Å². The van der Waals surface area contributed by atoms with E-state index < -0.39 is 61.2 Å². The highest BCUT2D eigenvalue weighted by Crippen LogP contribution is 2.31. The summed E-state index contributed by atoms with van der Waals surface area (Å²) in [7, 11) is 0. The molecule has 12 heteroatoms. The van der Waals surface area contributed by atoms with E-state index in [9.17, 15) is 19.2 Å². The molecule has 0 radical (unpaired) electrons. The lowest BCUT2D eigenvalue weighted by Gasteiger charge is -2.44. The van der Waals surface area contributed by atoms with Gasteiger partial charge < -0.3 is 28.4 Å². The maximum Gasteiger partial charge on any atom is 0.338 e. The molecule has 0 saturated carbocycles. The molecule has 0 spiro atoms. The van der Waals surface area contributed by atoms with Gasteiger partial charge in [0, 0.05) is 22.8 Å². The summed E-state index contributed by atoms with van der Waals surface area (Å²) >= 11 is 6.62. The number of hydrogen-bond acceptors (Lipinski definition) is 10. The summed E-state index contributed by atoms with van der Waals surface area (Å²) in [6, 6.07) is 12.9. The van der Waals surface area contributed by atoms with Crippen LogP contribution in [0.3, 0.4) is 0 Å². The number of ether oxygens (including phenoxy) is 6. The Morgan fingerprint density at radius 1 is 0.744 bits per heavy atom. The molecule has 1 fully saturated rings. The molecule has 0 aromatic heterocycles. The van der Waals surface area contributed by atoms with E-state index in [1.807, 2.05) is 0 Å². The fourth-order valence-electron chi connectivity index (χ4n) is 3.78. The summed E-state index contributed by atoms with van der Waals surface area (Å²) in [5.74, 6) is -2.84. The van der Waals surface area contributed by atoms with E-state index in [0.29, 0.717) is 0 Å². The lowest BCUT2D eigenvalue weighted by atomic mass is 9.98. The van der Waals surface area contributed by atoms with Crippen LogP contribution in [0.1, 0.15) is 48.4 Å². The van der Waals surface area contributed by atoms with Gasteiger partial charge in [0.05, 0.1) is 17.2 Å². The first-order valence-corrected chi connectivity index (χ1v) is 13.6. The predicted molar refractivity (Wildman–Crippen MR) is 144 cm³/mol. The molecule has 1 heterocycles. The average Bonchev–Trinajstić information content (AvgIpc) is 2.86. The minimum Gasteiger partial charge on any atom is -0.459 e. The summed E-state index contributed by atoms with van der Waals surface area (Å²) in [6.07, 6.45) is -6.71. The summed E-state index contributed by atoms with van der Waals surface area (Å²) in [6.45, 7) is 5.41. The molecule has 10 nitrogen and oxygen atoms in total. The standard InChI is InChI=1S/C27H28Br2O10/c1-14(2)35-27-24(37-16(4)31)23(36-15(3)30)22(39-26(33)18-7-11-20(29)12-8-18)21(38-27)13-34-25(32)17-5-9-19(28)10-6-17/h5-12,14,21-24,27H,13H2,1-4H3/t21-,22-,23+,24+,27+/m1/s1. The SMILES string of the molecule is CC(=O)O[C@@H]1[C@H](OC(C)=O)[C@@H](OC(C)C)O[C@H](COC(=O)c2ccc(Br)cc2)[C@H]1OC(=O)c1ccc(Br)cc1. The molecule has 0 bridgehead atoms. The van der Waals surface area contributed by atoms with Crippen molar-refractivity contribution in [2.45, 2.75) is 64.5 Å². The number of benzene rings is 2. The molecule has 1 aliphatic heterocycles. The first-order valence-electron chi connectivity index (χ1n) is 12.0. The predicted octanol–water partition coefficient (Wildman–Crippen LogP) is 4.61. The minimum atomic E-state index is -1.33. The largest absolute Gasteiger partial charge is 0.459 e. The van der Waals surface area contributed by atoms with Crippen molar-refractivity contribution in [3.8, 4) is 0 Å². The van der Waals surface area contributed by atoms with Gasteiger partial charge in [-0.1, -0.05) is 31.9 Å². The molecular weight excluding hydrogens is 644 g/mol. The van der Waals surface area contributed by atoms with E-state index in [1.54, 1.807) is 50.2 Å². The van der Waals surface area contributed by atoms with Gasteiger partial charge in [0.2, 0.25) is 0 Å². The zero-order chi connectivity index (χ0) is 28.7. The van der Waals surface area contributed by atoms with Gasteiger partial charge in [-0.3, -0.25) is 9.59 Å². The van der Waals surface area contributed by atoms with Crippen LogP contribution in [-0.2, 0) is 38.0 Å². The minimum absolute atomic E-state index is 0.204. The van der Waals surface area contributed by atoms with E-state index in [-0.39, 0.29) is 17.2 Å². The second-order valence-corrected chi connectivity index (χ2v) is 10.7. The number of rotatable bonds is 9. The van der Waals surface area contributed by atoms with Gasteiger partial charge >= 0.3 is 23.9 Å². The number of carbonyl (C=O) groups excluding carboxylic acids is 4. The Bertz CT molecular complexity index is 1170. The highest BCUT2D eigenvalue weighted by Gasteiger charge is 2.53. The number of carbonyl (C=O) groups is 4. The molecule has 0 N–H and O–H groups in total. The molecule has 210 valence electrons. The van der Waals surface area contributed by atoms with Gasteiger partial charge in [0.1, 0.15) is 12.7 Å². The second-order valence-electron chi connectivity index (χ2n) is 8.86. The quantitative estimate of drug-likeness (QED) is 0.276. The van der Waals surface area contributed by atoms with Crippen molar-refractivity contribution in [1.29, 1.82) is 0 Å². The molecule has 2 aromatic rings. The van der Waals surface area contributed by atoms with Crippen LogP contribution >= 0.6 is 31.9 Å². The summed E-state index contributed by atoms with van der Waals surface area (Å²) in [5.41, 5.74) is 0.483. The van der Waals surface area contributed by atoms with Crippen LogP contribution in [0.2, 0.25) is 0 Å². The third-order valence-electron chi connectivity index (χ3n) is 5.38. The average molecular weight is 672 g/mol. The fraction of sp³-hybridized carbons (Fsp3) is 0.407. The lowest BCUT2D eigenvalue weighted by molar-refractivity contribution is -0.311. The van der Waals surface area contributed by atoms with Crippen LogP contribution < -0.4 is 0 Å². The Labute approximate surface area is 242 Å². The van der Waals surface area contributed by atoms with Crippen LogP contribution in [0.25, 0.3) is 0 Å². The Morgan fingerprint density at radius 3 is 1.72 bits per heavy atom. The number of halogens is 2. The van der Waals surface area contributed by atoms with E-state index >= 15 is 0 Å². The molecule has 2 aromatic carbocycles. The van der Waals surface area contributed by atoms with Gasteiger partial charge in [0.25, 0.3) is 0 Å². The third-order valence-corrected chi connectivity index (χ3v) is 6.44. The van der Waals surface area contributed by atoms with Crippen molar-refractivity contribution in [2.75, 3.05) is 6.61 Å². The molecule has 3 rings (SSSR count). The fourth-order valence-corrected chi connectivity index (χ4v) is 4.31. The molecular formula is C27H28Br2O10. The van der Waals surface area contributed by atoms with Gasteiger partial charge in [-0.05, 0) is 62.4 Å². The maximum absolute atomic E-state index is 13.1. The van der Waals surface area contributed by atoms with Crippen molar-refractivity contribution < 1.29 is 47.6 Å². The summed E-state index contributed by atoms with van der Waals surface area (Å²) in [4.78, 5) is 49.9. The molecule has 0 amide bonds. The molecule has 1 aliphatic rings. The van der Waals surface area contributed by atoms with Crippen molar-refractivity contribution >= 4 is 55.7 Å². The molecule has 0 unspecified atom stereocenters. The normalized spacial score (nSPS) is 22.6. The van der Waals surface area contributed by atoms with Gasteiger partial charge in [0.15, 0.2) is 24.6 Å². The molecule has 0 aliphatic carbocycles. The Balaban J connectivity index is 1.95. The molecule has 5 atom stereocenters. The monoisotopic (exact) mass is 670 g/mol. The highest BCUT2D eigenvalue weighted by molar-refractivity contribution is 9.10. The first kappa shape index (κ1) is 30.7. The first-order chi connectivity index (χ1) is 18.4. The second kappa shape index (κ2) is 14.0. The molecule has 39 heavy (non-hydrogen) atoms. The highest BCUT2D eigenvalue weighted by atomic mass is 79.9. The van der Waals surface area contributed by atoms with Crippen LogP contribution in [0.15, 0.2) is 57.5 Å². The smallest absolute Gasteiger partial charge is 0.338 e. The Kier molecular flexibility index (Phi) is 11.0. The Hall–Kier alpha value is -2.80. The van der Waals surface area contributed by atoms with Gasteiger partial charge in [-0.15, -0.1) is 0 Å². The lowest BCUT2D eigenvalue weighted by Crippen LogP contribution is -2.63. The van der Waals surface area contributed by atoms with Gasteiger partial charge in [-0.25, -0.2) is 9.59 Å². The summed E-state index contributed by atoms with van der Waals surface area (Å²) < 4.78 is 35.6. The van der Waals surface area contributed by atoms with E-state index in [1.165, 1.54) is 19.1 Å². The topological polar surface area (TPSA) is 124 Å². The summed E-state index contributed by atoms with van der Waals surface area (Å²) in [5, 5.41) is 0. The van der Waals surface area contributed by atoms with Crippen molar-refractivity contribution in [2.24, 2.45) is 0 Å². The van der Waals surface area contributed by atoms with E-state index in [4.69, 9.17) is 28.4 Å². The van der Waals surface area contributed by atoms with E-state index in [2.05, 4.69) is 31.9 Å². The third kappa shape index (κ3) is 8.85. The van der Waals surface area contributed by atoms with Crippen molar-refractivity contribution in [3.63, 3.8) is 0 Å². The van der Waals surface area contributed by atoms with Crippen LogP contribution in [-0.4, -0.2) is 67.3 Å². The number of esters is 4. The van der Waals surface area contributed by atoms with Crippen molar-refractivity contribution in [1.82, 2.24) is 0 Å². The maximum atomic E-state index is 13.1. The van der Waals surface area contributed by atoms with Crippen LogP contribution in [0.5, 0.6) is 0 Å². The van der Waals surface area contributed by atoms with Crippen LogP contribution in [0, 0.1) is 0 Å². The van der Waals surface area contributed by atoms with Crippen molar-refractivity contribution in [3.05, 3.63) is 68.6 Å². The number of hydrogen-bond donors (Lipinski definition) is 0. The Morgan fingerprint density at radius 2 is 1.23 bits per heavy atom.